The number of rotatable bonds is 3. The van der Waals surface area contributed by atoms with Gasteiger partial charge in [0.1, 0.15) is 17.4 Å². The summed E-state index contributed by atoms with van der Waals surface area (Å²) in [5.74, 6) is 0.956. The number of ether oxygens (including phenoxy) is 1. The van der Waals surface area contributed by atoms with Crippen molar-refractivity contribution in [2.45, 2.75) is 18.9 Å². The average molecular weight is 338 g/mol. The SMILES string of the molecule is O=C(c1ccsc1)N1CCC(Oc2cccc3cccnc23)CC1. The van der Waals surface area contributed by atoms with Crippen molar-refractivity contribution >= 4 is 28.1 Å². The number of nitrogens with zero attached hydrogens (tertiary/aromatic N) is 2. The van der Waals surface area contributed by atoms with Crippen LogP contribution >= 0.6 is 11.3 Å². The number of carbonyl (C=O) groups excluding carboxylic acids is 1. The van der Waals surface area contributed by atoms with E-state index in [0.29, 0.717) is 0 Å². The molecule has 122 valence electrons. The van der Waals surface area contributed by atoms with Gasteiger partial charge < -0.3 is 9.64 Å². The number of amides is 1. The zero-order valence-corrected chi connectivity index (χ0v) is 14.0. The molecule has 1 aliphatic heterocycles. The Morgan fingerprint density at radius 2 is 2.00 bits per heavy atom. The minimum Gasteiger partial charge on any atom is -0.488 e. The van der Waals surface area contributed by atoms with E-state index in [0.717, 1.165) is 48.1 Å². The molecule has 5 heteroatoms. The number of likely N-dealkylation sites (tertiary alicyclic amines) is 1. The highest BCUT2D eigenvalue weighted by molar-refractivity contribution is 7.08. The van der Waals surface area contributed by atoms with Gasteiger partial charge in [-0.1, -0.05) is 18.2 Å². The summed E-state index contributed by atoms with van der Waals surface area (Å²) < 4.78 is 6.19. The lowest BCUT2D eigenvalue weighted by atomic mass is 10.1. The predicted octanol–water partition coefficient (Wildman–Crippen LogP) is 3.98. The molecule has 4 nitrogen and oxygen atoms in total. The number of thiophene rings is 1. The fraction of sp³-hybridized carbons (Fsp3) is 0.263. The van der Waals surface area contributed by atoms with Gasteiger partial charge in [-0.25, -0.2) is 0 Å². The van der Waals surface area contributed by atoms with Crippen LogP contribution in [0.4, 0.5) is 0 Å². The third-order valence-corrected chi connectivity index (χ3v) is 5.07. The molecule has 0 radical (unpaired) electrons. The lowest BCUT2D eigenvalue weighted by Crippen LogP contribution is -2.41. The van der Waals surface area contributed by atoms with Crippen LogP contribution in [0, 0.1) is 0 Å². The summed E-state index contributed by atoms with van der Waals surface area (Å²) in [4.78, 5) is 18.7. The molecule has 1 saturated heterocycles. The van der Waals surface area contributed by atoms with Crippen molar-refractivity contribution in [3.8, 4) is 5.75 Å². The van der Waals surface area contributed by atoms with Gasteiger partial charge in [-0.3, -0.25) is 9.78 Å². The Hall–Kier alpha value is -2.40. The maximum atomic E-state index is 12.4. The van der Waals surface area contributed by atoms with Gasteiger partial charge in [-0.15, -0.1) is 0 Å². The van der Waals surface area contributed by atoms with Gasteiger partial charge in [0.2, 0.25) is 0 Å². The maximum Gasteiger partial charge on any atom is 0.254 e. The summed E-state index contributed by atoms with van der Waals surface area (Å²) in [6.07, 6.45) is 3.61. The third-order valence-electron chi connectivity index (χ3n) is 4.39. The van der Waals surface area contributed by atoms with Crippen molar-refractivity contribution in [1.29, 1.82) is 0 Å². The normalized spacial score (nSPS) is 15.6. The molecule has 0 spiro atoms. The van der Waals surface area contributed by atoms with Crippen molar-refractivity contribution in [2.75, 3.05) is 13.1 Å². The summed E-state index contributed by atoms with van der Waals surface area (Å²) in [7, 11) is 0. The summed E-state index contributed by atoms with van der Waals surface area (Å²) in [5, 5.41) is 4.93. The Morgan fingerprint density at radius 1 is 1.17 bits per heavy atom. The Morgan fingerprint density at radius 3 is 2.79 bits per heavy atom. The number of hydrogen-bond acceptors (Lipinski definition) is 4. The van der Waals surface area contributed by atoms with E-state index in [9.17, 15) is 4.79 Å². The van der Waals surface area contributed by atoms with Crippen LogP contribution in [0.1, 0.15) is 23.2 Å². The molecule has 24 heavy (non-hydrogen) atoms. The zero-order valence-electron chi connectivity index (χ0n) is 13.2. The summed E-state index contributed by atoms with van der Waals surface area (Å²) in [6.45, 7) is 1.47. The number of aromatic nitrogens is 1. The minimum atomic E-state index is 0.126. The standard InChI is InChI=1S/C19H18N2O2S/c22-19(15-8-12-24-13-15)21-10-6-16(7-11-21)23-17-5-1-3-14-4-2-9-20-18(14)17/h1-5,8-9,12-13,16H,6-7,10-11H2. The van der Waals surface area contributed by atoms with Crippen LogP contribution in [0.5, 0.6) is 5.75 Å². The molecule has 1 fully saturated rings. The predicted molar refractivity (Wildman–Crippen MR) is 95.6 cm³/mol. The van der Waals surface area contributed by atoms with Gasteiger partial charge >= 0.3 is 0 Å². The second kappa shape index (κ2) is 6.61. The van der Waals surface area contributed by atoms with Crippen molar-refractivity contribution in [3.05, 3.63) is 58.9 Å². The first kappa shape index (κ1) is 15.1. The molecule has 0 bridgehead atoms. The molecule has 1 amide bonds. The second-order valence-electron chi connectivity index (χ2n) is 5.95. The molecule has 0 unspecified atom stereocenters. The molecule has 3 aromatic rings. The number of para-hydroxylation sites is 1. The highest BCUT2D eigenvalue weighted by Gasteiger charge is 2.25. The number of benzene rings is 1. The van der Waals surface area contributed by atoms with E-state index < -0.39 is 0 Å². The van der Waals surface area contributed by atoms with Crippen LogP contribution in [0.2, 0.25) is 0 Å². The molecule has 1 aromatic carbocycles. The van der Waals surface area contributed by atoms with Gasteiger partial charge in [0.15, 0.2) is 0 Å². The van der Waals surface area contributed by atoms with E-state index in [2.05, 4.69) is 4.98 Å². The Bertz CT molecular complexity index is 834. The smallest absolute Gasteiger partial charge is 0.254 e. The Kier molecular flexibility index (Phi) is 4.17. The van der Waals surface area contributed by atoms with Crippen LogP contribution in [-0.4, -0.2) is 35.0 Å². The van der Waals surface area contributed by atoms with E-state index in [-0.39, 0.29) is 12.0 Å². The number of hydrogen-bond donors (Lipinski definition) is 0. The van der Waals surface area contributed by atoms with E-state index in [4.69, 9.17) is 4.74 Å². The molecule has 0 N–H and O–H groups in total. The highest BCUT2D eigenvalue weighted by atomic mass is 32.1. The Labute approximate surface area is 144 Å². The van der Waals surface area contributed by atoms with Gasteiger partial charge in [-0.2, -0.15) is 11.3 Å². The third kappa shape index (κ3) is 2.99. The van der Waals surface area contributed by atoms with E-state index in [1.807, 2.05) is 52.1 Å². The molecule has 3 heterocycles. The first-order valence-corrected chi connectivity index (χ1v) is 9.07. The summed E-state index contributed by atoms with van der Waals surface area (Å²) in [6, 6.07) is 11.9. The number of piperidine rings is 1. The number of fused-ring (bicyclic) bond motifs is 1. The average Bonchev–Trinajstić information content (AvgIpc) is 3.17. The fourth-order valence-electron chi connectivity index (χ4n) is 3.10. The largest absolute Gasteiger partial charge is 0.488 e. The molecule has 0 atom stereocenters. The fourth-order valence-corrected chi connectivity index (χ4v) is 3.73. The van der Waals surface area contributed by atoms with E-state index in [1.165, 1.54) is 0 Å². The van der Waals surface area contributed by atoms with Crippen LogP contribution in [0.25, 0.3) is 10.9 Å². The Balaban J connectivity index is 1.42. The van der Waals surface area contributed by atoms with Gasteiger partial charge in [0.05, 0.1) is 5.56 Å². The monoisotopic (exact) mass is 338 g/mol. The molecular weight excluding hydrogens is 320 g/mol. The van der Waals surface area contributed by atoms with Crippen molar-refractivity contribution in [3.63, 3.8) is 0 Å². The number of carbonyl (C=O) groups is 1. The lowest BCUT2D eigenvalue weighted by Gasteiger charge is -2.32. The van der Waals surface area contributed by atoms with Crippen LogP contribution in [-0.2, 0) is 0 Å². The van der Waals surface area contributed by atoms with Crippen LogP contribution < -0.4 is 4.74 Å². The molecular formula is C19H18N2O2S. The van der Waals surface area contributed by atoms with Crippen molar-refractivity contribution in [1.82, 2.24) is 9.88 Å². The first-order valence-electron chi connectivity index (χ1n) is 8.13. The molecule has 2 aromatic heterocycles. The maximum absolute atomic E-state index is 12.4. The zero-order chi connectivity index (χ0) is 16.4. The summed E-state index contributed by atoms with van der Waals surface area (Å²) >= 11 is 1.56. The molecule has 0 saturated carbocycles. The number of pyridine rings is 1. The van der Waals surface area contributed by atoms with Crippen LogP contribution in [0.3, 0.4) is 0 Å². The van der Waals surface area contributed by atoms with Gasteiger partial charge in [0, 0.05) is 42.9 Å². The van der Waals surface area contributed by atoms with E-state index >= 15 is 0 Å². The van der Waals surface area contributed by atoms with E-state index in [1.54, 1.807) is 17.5 Å². The molecule has 1 aliphatic rings. The van der Waals surface area contributed by atoms with Gasteiger partial charge in [0.25, 0.3) is 5.91 Å². The quantitative estimate of drug-likeness (QED) is 0.725. The first-order chi connectivity index (χ1) is 11.8. The van der Waals surface area contributed by atoms with Crippen molar-refractivity contribution in [2.24, 2.45) is 0 Å². The van der Waals surface area contributed by atoms with Gasteiger partial charge in [-0.05, 0) is 23.6 Å². The minimum absolute atomic E-state index is 0.126. The highest BCUT2D eigenvalue weighted by Crippen LogP contribution is 2.26. The topological polar surface area (TPSA) is 42.4 Å². The lowest BCUT2D eigenvalue weighted by molar-refractivity contribution is 0.0598. The molecule has 4 rings (SSSR count). The second-order valence-corrected chi connectivity index (χ2v) is 6.73. The summed E-state index contributed by atoms with van der Waals surface area (Å²) in [5.41, 5.74) is 1.69. The molecule has 0 aliphatic carbocycles. The van der Waals surface area contributed by atoms with Crippen LogP contribution in [0.15, 0.2) is 53.4 Å². The van der Waals surface area contributed by atoms with Crippen molar-refractivity contribution < 1.29 is 9.53 Å².